The Balaban J connectivity index is 3.15. The van der Waals surface area contributed by atoms with Crippen molar-refractivity contribution >= 4 is 0 Å². The van der Waals surface area contributed by atoms with Crippen molar-refractivity contribution in [3.63, 3.8) is 0 Å². The van der Waals surface area contributed by atoms with Crippen molar-refractivity contribution < 1.29 is 0 Å². The molecule has 0 fully saturated rings. The fourth-order valence-electron chi connectivity index (χ4n) is 1.00. The molecule has 0 N–H and O–H groups in total. The van der Waals surface area contributed by atoms with E-state index in [1.165, 1.54) is 0 Å². The summed E-state index contributed by atoms with van der Waals surface area (Å²) < 4.78 is 0. The van der Waals surface area contributed by atoms with Crippen LogP contribution in [0.2, 0.25) is 0 Å². The lowest BCUT2D eigenvalue weighted by Gasteiger charge is -2.05. The molecule has 0 unspecified atom stereocenters. The second-order valence-corrected chi connectivity index (χ2v) is 2.74. The van der Waals surface area contributed by atoms with Crippen molar-refractivity contribution in [2.24, 2.45) is 0 Å². The minimum atomic E-state index is 0.453. The van der Waals surface area contributed by atoms with Gasteiger partial charge in [-0.3, -0.25) is 0 Å². The molecule has 0 aliphatic rings. The Morgan fingerprint density at radius 3 is 2.73 bits per heavy atom. The number of nitrogens with zero attached hydrogens (tertiary/aromatic N) is 1. The molecule has 0 atom stereocenters. The standard InChI is InChI=1S/C10H11N/c1-4-10-9(8(2)3)6-5-7-11-10/h1,5-8H,2-3H3. The molecule has 1 aromatic rings. The molecule has 0 radical (unpaired) electrons. The highest BCUT2D eigenvalue weighted by Gasteiger charge is 2.03. The summed E-state index contributed by atoms with van der Waals surface area (Å²) >= 11 is 0. The molecular weight excluding hydrogens is 134 g/mol. The molecule has 0 aromatic carbocycles. The lowest BCUT2D eigenvalue weighted by molar-refractivity contribution is 0.853. The van der Waals surface area contributed by atoms with Gasteiger partial charge in [0.05, 0.1) is 0 Å². The van der Waals surface area contributed by atoms with Crippen LogP contribution in [0.4, 0.5) is 0 Å². The summed E-state index contributed by atoms with van der Waals surface area (Å²) in [6.07, 6.45) is 7.00. The van der Waals surface area contributed by atoms with E-state index in [-0.39, 0.29) is 0 Å². The Labute approximate surface area is 67.5 Å². The van der Waals surface area contributed by atoms with Crippen LogP contribution < -0.4 is 0 Å². The van der Waals surface area contributed by atoms with Crippen LogP contribution >= 0.6 is 0 Å². The van der Waals surface area contributed by atoms with Gasteiger partial charge in [-0.15, -0.1) is 6.42 Å². The van der Waals surface area contributed by atoms with Gasteiger partial charge in [0.15, 0.2) is 0 Å². The summed E-state index contributed by atoms with van der Waals surface area (Å²) in [4.78, 5) is 4.08. The topological polar surface area (TPSA) is 12.9 Å². The largest absolute Gasteiger partial charge is 0.248 e. The summed E-state index contributed by atoms with van der Waals surface area (Å²) in [5, 5.41) is 0. The summed E-state index contributed by atoms with van der Waals surface area (Å²) in [6.45, 7) is 4.22. The molecule has 1 aromatic heterocycles. The Morgan fingerprint density at radius 2 is 2.27 bits per heavy atom. The van der Waals surface area contributed by atoms with Crippen molar-refractivity contribution in [1.82, 2.24) is 4.98 Å². The van der Waals surface area contributed by atoms with Gasteiger partial charge in [-0.1, -0.05) is 19.9 Å². The van der Waals surface area contributed by atoms with E-state index in [0.717, 1.165) is 11.3 Å². The zero-order valence-electron chi connectivity index (χ0n) is 6.83. The monoisotopic (exact) mass is 145 g/mol. The number of pyridine rings is 1. The van der Waals surface area contributed by atoms with Crippen molar-refractivity contribution in [1.29, 1.82) is 0 Å². The van der Waals surface area contributed by atoms with Crippen LogP contribution in [0, 0.1) is 12.3 Å². The molecule has 1 rings (SSSR count). The maximum absolute atomic E-state index is 5.28. The summed E-state index contributed by atoms with van der Waals surface area (Å²) in [7, 11) is 0. The highest BCUT2D eigenvalue weighted by atomic mass is 14.7. The third kappa shape index (κ3) is 1.59. The first-order chi connectivity index (χ1) is 5.25. The van der Waals surface area contributed by atoms with E-state index in [1.807, 2.05) is 12.1 Å². The molecule has 1 heterocycles. The van der Waals surface area contributed by atoms with E-state index in [2.05, 4.69) is 24.8 Å². The molecule has 0 saturated heterocycles. The Morgan fingerprint density at radius 1 is 1.55 bits per heavy atom. The minimum absolute atomic E-state index is 0.453. The van der Waals surface area contributed by atoms with E-state index in [4.69, 9.17) is 6.42 Å². The average molecular weight is 145 g/mol. The van der Waals surface area contributed by atoms with Crippen LogP contribution in [0.15, 0.2) is 18.3 Å². The van der Waals surface area contributed by atoms with Gasteiger partial charge >= 0.3 is 0 Å². The first-order valence-corrected chi connectivity index (χ1v) is 3.67. The zero-order valence-corrected chi connectivity index (χ0v) is 6.83. The molecule has 0 aliphatic carbocycles. The van der Waals surface area contributed by atoms with Crippen LogP contribution in [0.5, 0.6) is 0 Å². The fraction of sp³-hybridized carbons (Fsp3) is 0.300. The molecule has 0 bridgehead atoms. The molecule has 0 saturated carbocycles. The first kappa shape index (κ1) is 7.81. The summed E-state index contributed by atoms with van der Waals surface area (Å²) in [5.41, 5.74) is 1.91. The predicted molar refractivity (Wildman–Crippen MR) is 46.3 cm³/mol. The maximum atomic E-state index is 5.28. The van der Waals surface area contributed by atoms with Crippen LogP contribution in [-0.2, 0) is 0 Å². The van der Waals surface area contributed by atoms with Crippen LogP contribution in [-0.4, -0.2) is 4.98 Å². The molecule has 0 spiro atoms. The predicted octanol–water partition coefficient (Wildman–Crippen LogP) is 2.19. The number of hydrogen-bond donors (Lipinski definition) is 0. The van der Waals surface area contributed by atoms with E-state index in [0.29, 0.717) is 5.92 Å². The van der Waals surface area contributed by atoms with Crippen LogP contribution in [0.1, 0.15) is 31.0 Å². The molecule has 56 valence electrons. The normalized spacial score (nSPS) is 9.64. The lowest BCUT2D eigenvalue weighted by Crippen LogP contribution is -1.94. The maximum Gasteiger partial charge on any atom is 0.116 e. The quantitative estimate of drug-likeness (QED) is 0.552. The summed E-state index contributed by atoms with van der Waals surface area (Å²) in [6, 6.07) is 3.93. The zero-order chi connectivity index (χ0) is 8.27. The van der Waals surface area contributed by atoms with Gasteiger partial charge in [0, 0.05) is 6.20 Å². The summed E-state index contributed by atoms with van der Waals surface area (Å²) in [5.74, 6) is 3.02. The highest BCUT2D eigenvalue weighted by molar-refractivity contribution is 5.35. The van der Waals surface area contributed by atoms with Gasteiger partial charge < -0.3 is 0 Å². The minimum Gasteiger partial charge on any atom is -0.248 e. The SMILES string of the molecule is C#Cc1ncccc1C(C)C. The molecule has 1 heteroatoms. The number of terminal acetylenes is 1. The smallest absolute Gasteiger partial charge is 0.116 e. The van der Waals surface area contributed by atoms with Crippen molar-refractivity contribution in [2.45, 2.75) is 19.8 Å². The van der Waals surface area contributed by atoms with E-state index in [1.54, 1.807) is 6.20 Å². The number of hydrogen-bond acceptors (Lipinski definition) is 1. The second-order valence-electron chi connectivity index (χ2n) is 2.74. The van der Waals surface area contributed by atoms with Crippen LogP contribution in [0.25, 0.3) is 0 Å². The van der Waals surface area contributed by atoms with E-state index >= 15 is 0 Å². The van der Waals surface area contributed by atoms with Gasteiger partial charge in [-0.25, -0.2) is 4.98 Å². The van der Waals surface area contributed by atoms with E-state index in [9.17, 15) is 0 Å². The third-order valence-electron chi connectivity index (χ3n) is 1.60. The molecule has 0 aliphatic heterocycles. The number of aromatic nitrogens is 1. The lowest BCUT2D eigenvalue weighted by atomic mass is 10.0. The first-order valence-electron chi connectivity index (χ1n) is 3.67. The van der Waals surface area contributed by atoms with Gasteiger partial charge in [-0.05, 0) is 23.5 Å². The fourth-order valence-corrected chi connectivity index (χ4v) is 1.00. The molecule has 11 heavy (non-hydrogen) atoms. The van der Waals surface area contributed by atoms with Gasteiger partial charge in [0.25, 0.3) is 0 Å². The molecule has 1 nitrogen and oxygen atoms in total. The van der Waals surface area contributed by atoms with Crippen LogP contribution in [0.3, 0.4) is 0 Å². The molecule has 0 amide bonds. The van der Waals surface area contributed by atoms with Gasteiger partial charge in [-0.2, -0.15) is 0 Å². The third-order valence-corrected chi connectivity index (χ3v) is 1.60. The highest BCUT2D eigenvalue weighted by Crippen LogP contribution is 2.15. The Hall–Kier alpha value is -1.29. The molecular formula is C10H11N. The Bertz CT molecular complexity index is 281. The number of rotatable bonds is 1. The van der Waals surface area contributed by atoms with Gasteiger partial charge in [0.1, 0.15) is 5.69 Å². The van der Waals surface area contributed by atoms with Crippen molar-refractivity contribution in [2.75, 3.05) is 0 Å². The second kappa shape index (κ2) is 3.21. The Kier molecular flexibility index (Phi) is 2.28. The van der Waals surface area contributed by atoms with Crippen molar-refractivity contribution in [3.8, 4) is 12.3 Å². The van der Waals surface area contributed by atoms with Gasteiger partial charge in [0.2, 0.25) is 0 Å². The average Bonchev–Trinajstić information content (AvgIpc) is 2.04. The van der Waals surface area contributed by atoms with Crippen molar-refractivity contribution in [3.05, 3.63) is 29.6 Å². The van der Waals surface area contributed by atoms with E-state index < -0.39 is 0 Å².